The van der Waals surface area contributed by atoms with Crippen molar-refractivity contribution in [3.05, 3.63) is 44.2 Å². The van der Waals surface area contributed by atoms with Gasteiger partial charge in [-0.3, -0.25) is 0 Å². The summed E-state index contributed by atoms with van der Waals surface area (Å²) in [6.07, 6.45) is 7.14. The van der Waals surface area contributed by atoms with Crippen LogP contribution in [0.5, 0.6) is 0 Å². The number of hydrogen-bond acceptors (Lipinski definition) is 2. The molecule has 1 heterocycles. The van der Waals surface area contributed by atoms with Crippen LogP contribution in [0.3, 0.4) is 0 Å². The summed E-state index contributed by atoms with van der Waals surface area (Å²) < 4.78 is 4.06. The summed E-state index contributed by atoms with van der Waals surface area (Å²) in [5.41, 5.74) is 3.44. The number of nitrogens with zero attached hydrogens (tertiary/aromatic N) is 3. The second kappa shape index (κ2) is 5.75. The molecule has 0 unspecified atom stereocenters. The summed E-state index contributed by atoms with van der Waals surface area (Å²) >= 11 is 5.78. The third-order valence-corrected chi connectivity index (χ3v) is 4.78. The summed E-state index contributed by atoms with van der Waals surface area (Å²) in [6, 6.07) is 8.12. The summed E-state index contributed by atoms with van der Waals surface area (Å²) in [6.45, 7) is 0. The van der Waals surface area contributed by atoms with E-state index in [0.29, 0.717) is 0 Å². The topological polar surface area (TPSA) is 30.7 Å². The zero-order valence-corrected chi connectivity index (χ0v) is 14.1. The first kappa shape index (κ1) is 13.3. The molecule has 3 rings (SSSR count). The Kier molecular flexibility index (Phi) is 4.02. The maximum Gasteiger partial charge on any atom is 0.133 e. The van der Waals surface area contributed by atoms with Crippen LogP contribution in [0.15, 0.2) is 34.8 Å². The van der Waals surface area contributed by atoms with Gasteiger partial charge in [-0.2, -0.15) is 0 Å². The Labute approximate surface area is 134 Å². The molecule has 98 valence electrons. The van der Waals surface area contributed by atoms with E-state index in [1.807, 2.05) is 28.9 Å². The molecule has 0 radical (unpaired) electrons. The van der Waals surface area contributed by atoms with Crippen LogP contribution in [-0.4, -0.2) is 15.0 Å². The Morgan fingerprint density at radius 3 is 2.63 bits per heavy atom. The highest BCUT2D eigenvalue weighted by molar-refractivity contribution is 14.1. The van der Waals surface area contributed by atoms with Crippen molar-refractivity contribution in [3.8, 4) is 5.69 Å². The highest BCUT2D eigenvalue weighted by Crippen LogP contribution is 2.29. The lowest BCUT2D eigenvalue weighted by molar-refractivity contribution is 0.738. The average Bonchev–Trinajstić information content (AvgIpc) is 2.83. The molecule has 0 saturated carbocycles. The molecule has 3 nitrogen and oxygen atoms in total. The minimum Gasteiger partial charge on any atom is -0.207 e. The van der Waals surface area contributed by atoms with Gasteiger partial charge in [-0.15, -0.1) is 5.10 Å². The third kappa shape index (κ3) is 2.76. The Morgan fingerprint density at radius 2 is 1.95 bits per heavy atom. The fraction of sp³-hybridized carbons (Fsp3) is 0.286. The lowest BCUT2D eigenvalue weighted by atomic mass is 9.98. The predicted molar refractivity (Wildman–Crippen MR) is 88.2 cm³/mol. The molecular formula is C14H13BrIN3. The number of rotatable bonds is 2. The molecule has 0 spiro atoms. The largest absolute Gasteiger partial charge is 0.207 e. The number of aromatic nitrogens is 3. The monoisotopic (exact) mass is 429 g/mol. The molecular weight excluding hydrogens is 417 g/mol. The molecule has 0 fully saturated rings. The fourth-order valence-corrected chi connectivity index (χ4v) is 3.36. The molecule has 2 aromatic rings. The van der Waals surface area contributed by atoms with E-state index in [9.17, 15) is 0 Å². The van der Waals surface area contributed by atoms with E-state index in [2.05, 4.69) is 54.9 Å². The first-order valence-electron chi connectivity index (χ1n) is 6.32. The zero-order chi connectivity index (χ0) is 13.2. The molecule has 0 amide bonds. The molecule has 1 aromatic carbocycles. The van der Waals surface area contributed by atoms with E-state index >= 15 is 0 Å². The summed E-state index contributed by atoms with van der Waals surface area (Å²) in [5, 5.41) is 8.66. The molecule has 1 aliphatic carbocycles. The number of halogens is 2. The smallest absolute Gasteiger partial charge is 0.133 e. The van der Waals surface area contributed by atoms with E-state index < -0.39 is 0 Å². The molecule has 0 saturated heterocycles. The van der Waals surface area contributed by atoms with Crippen molar-refractivity contribution in [3.63, 3.8) is 0 Å². The first-order chi connectivity index (χ1) is 9.25. The van der Waals surface area contributed by atoms with Crippen molar-refractivity contribution in [2.24, 2.45) is 0 Å². The van der Waals surface area contributed by atoms with Gasteiger partial charge in [0.2, 0.25) is 0 Å². The first-order valence-corrected chi connectivity index (χ1v) is 8.19. The lowest BCUT2D eigenvalue weighted by Gasteiger charge is -2.10. The van der Waals surface area contributed by atoms with Crippen LogP contribution in [-0.2, 0) is 0 Å². The van der Waals surface area contributed by atoms with Crippen molar-refractivity contribution >= 4 is 44.1 Å². The number of benzene rings is 1. The number of hydrogen-bond donors (Lipinski definition) is 0. The normalized spacial score (nSPS) is 15.4. The molecule has 1 aromatic heterocycles. The van der Waals surface area contributed by atoms with Crippen LogP contribution in [0.4, 0.5) is 0 Å². The van der Waals surface area contributed by atoms with Crippen molar-refractivity contribution < 1.29 is 0 Å². The van der Waals surface area contributed by atoms with E-state index in [4.69, 9.17) is 0 Å². The SMILES string of the molecule is Brc1ccc(-n2nnc(C3=CCCCC3)c2I)cc1. The van der Waals surface area contributed by atoms with Gasteiger partial charge in [0.15, 0.2) is 0 Å². The highest BCUT2D eigenvalue weighted by atomic mass is 127. The molecule has 0 aliphatic heterocycles. The second-order valence-electron chi connectivity index (χ2n) is 4.59. The van der Waals surface area contributed by atoms with E-state index in [0.717, 1.165) is 32.4 Å². The van der Waals surface area contributed by atoms with Gasteiger partial charge in [0.05, 0.1) is 5.69 Å². The molecule has 0 bridgehead atoms. The highest BCUT2D eigenvalue weighted by Gasteiger charge is 2.16. The minimum atomic E-state index is 1.04. The van der Waals surface area contributed by atoms with Gasteiger partial charge in [0.1, 0.15) is 9.39 Å². The quantitative estimate of drug-likeness (QED) is 0.653. The number of allylic oxidation sites excluding steroid dienone is 2. The van der Waals surface area contributed by atoms with Crippen LogP contribution in [0.1, 0.15) is 31.4 Å². The van der Waals surface area contributed by atoms with Crippen LogP contribution in [0, 0.1) is 3.70 Å². The van der Waals surface area contributed by atoms with E-state index in [1.165, 1.54) is 18.4 Å². The summed E-state index contributed by atoms with van der Waals surface area (Å²) in [5.74, 6) is 0. The molecule has 1 aliphatic rings. The van der Waals surface area contributed by atoms with Crippen molar-refractivity contribution in [2.45, 2.75) is 25.7 Å². The Balaban J connectivity index is 1.98. The molecule has 19 heavy (non-hydrogen) atoms. The standard InChI is InChI=1S/C14H13BrIN3/c15-11-6-8-12(9-7-11)19-14(16)13(17-18-19)10-4-2-1-3-5-10/h4,6-9H,1-3,5H2. The Bertz CT molecular complexity index is 616. The zero-order valence-electron chi connectivity index (χ0n) is 10.3. The van der Waals surface area contributed by atoms with Gasteiger partial charge in [-0.1, -0.05) is 27.2 Å². The molecule has 0 atom stereocenters. The fourth-order valence-electron chi connectivity index (χ4n) is 2.27. The van der Waals surface area contributed by atoms with Gasteiger partial charge in [-0.25, -0.2) is 4.68 Å². The minimum absolute atomic E-state index is 1.04. The second-order valence-corrected chi connectivity index (χ2v) is 6.53. The van der Waals surface area contributed by atoms with Gasteiger partial charge in [-0.05, 0) is 78.1 Å². The van der Waals surface area contributed by atoms with Gasteiger partial charge < -0.3 is 0 Å². The summed E-state index contributed by atoms with van der Waals surface area (Å²) in [4.78, 5) is 0. The third-order valence-electron chi connectivity index (χ3n) is 3.28. The molecule has 5 heteroatoms. The van der Waals surface area contributed by atoms with Crippen LogP contribution < -0.4 is 0 Å². The predicted octanol–water partition coefficient (Wildman–Crippen LogP) is 4.59. The van der Waals surface area contributed by atoms with Crippen LogP contribution in [0.25, 0.3) is 11.3 Å². The van der Waals surface area contributed by atoms with Gasteiger partial charge >= 0.3 is 0 Å². The maximum absolute atomic E-state index is 4.36. The van der Waals surface area contributed by atoms with Crippen molar-refractivity contribution in [1.82, 2.24) is 15.0 Å². The van der Waals surface area contributed by atoms with Crippen molar-refractivity contribution in [2.75, 3.05) is 0 Å². The Hall–Kier alpha value is -0.690. The van der Waals surface area contributed by atoms with E-state index in [-0.39, 0.29) is 0 Å². The Morgan fingerprint density at radius 1 is 1.16 bits per heavy atom. The molecule has 0 N–H and O–H groups in total. The van der Waals surface area contributed by atoms with Crippen LogP contribution in [0.2, 0.25) is 0 Å². The maximum atomic E-state index is 4.36. The average molecular weight is 430 g/mol. The summed E-state index contributed by atoms with van der Waals surface area (Å²) in [7, 11) is 0. The van der Waals surface area contributed by atoms with Gasteiger partial charge in [0.25, 0.3) is 0 Å². The van der Waals surface area contributed by atoms with Crippen molar-refractivity contribution in [1.29, 1.82) is 0 Å². The van der Waals surface area contributed by atoms with E-state index in [1.54, 1.807) is 0 Å². The van der Waals surface area contributed by atoms with Crippen LogP contribution >= 0.6 is 38.5 Å². The lowest BCUT2D eigenvalue weighted by Crippen LogP contribution is -2.00. The van der Waals surface area contributed by atoms with Gasteiger partial charge in [0, 0.05) is 4.47 Å².